The summed E-state index contributed by atoms with van der Waals surface area (Å²) in [7, 11) is 0. The van der Waals surface area contributed by atoms with Gasteiger partial charge in [0, 0.05) is 44.5 Å². The Hall–Kier alpha value is -2.21. The largest absolute Gasteiger partial charge is 0.337 e. The number of hydrogen-bond donors (Lipinski definition) is 0. The highest BCUT2D eigenvalue weighted by Gasteiger charge is 2.30. The van der Waals surface area contributed by atoms with E-state index in [1.54, 1.807) is 6.20 Å². The van der Waals surface area contributed by atoms with E-state index in [0.29, 0.717) is 18.0 Å². The molecule has 0 unspecified atom stereocenters. The summed E-state index contributed by atoms with van der Waals surface area (Å²) in [6.45, 7) is 11.6. The van der Waals surface area contributed by atoms with Crippen molar-refractivity contribution >= 4 is 5.91 Å². The molecule has 0 spiro atoms. The zero-order valence-electron chi connectivity index (χ0n) is 17.3. The fourth-order valence-electron chi connectivity index (χ4n) is 3.81. The van der Waals surface area contributed by atoms with Gasteiger partial charge in [-0.3, -0.25) is 14.4 Å². The molecule has 0 radical (unpaired) electrons. The Morgan fingerprint density at radius 1 is 1.18 bits per heavy atom. The van der Waals surface area contributed by atoms with E-state index in [1.165, 1.54) is 12.1 Å². The molecule has 3 rings (SSSR count). The Bertz CT molecular complexity index is 784. The molecule has 28 heavy (non-hydrogen) atoms. The fraction of sp³-hybridized carbons (Fsp3) is 0.545. The van der Waals surface area contributed by atoms with Gasteiger partial charge in [-0.05, 0) is 43.9 Å². The number of nitrogens with zero attached hydrogens (tertiary/aromatic N) is 4. The minimum Gasteiger partial charge on any atom is -0.337 e. The second-order valence-corrected chi connectivity index (χ2v) is 8.32. The second-order valence-electron chi connectivity index (χ2n) is 8.32. The van der Waals surface area contributed by atoms with Crippen LogP contribution >= 0.6 is 0 Å². The summed E-state index contributed by atoms with van der Waals surface area (Å²) in [5.41, 5.74) is 1.76. The van der Waals surface area contributed by atoms with Crippen molar-refractivity contribution in [1.29, 1.82) is 0 Å². The molecular formula is C22H31FN4O. The third-order valence-corrected chi connectivity index (χ3v) is 5.48. The first-order valence-corrected chi connectivity index (χ1v) is 10.2. The number of amides is 1. The Morgan fingerprint density at radius 2 is 1.89 bits per heavy atom. The van der Waals surface area contributed by atoms with Crippen molar-refractivity contribution in [2.24, 2.45) is 5.92 Å². The van der Waals surface area contributed by atoms with Gasteiger partial charge in [0.25, 0.3) is 5.91 Å². The quantitative estimate of drug-likeness (QED) is 0.781. The lowest BCUT2D eigenvalue weighted by molar-refractivity contribution is 0.0702. The maximum Gasteiger partial charge on any atom is 0.257 e. The number of carbonyl (C=O) groups excluding carboxylic acids is 1. The summed E-state index contributed by atoms with van der Waals surface area (Å²) in [4.78, 5) is 17.5. The van der Waals surface area contributed by atoms with Gasteiger partial charge in [-0.2, -0.15) is 5.10 Å². The Balaban J connectivity index is 1.74. The van der Waals surface area contributed by atoms with E-state index in [-0.39, 0.29) is 23.8 Å². The lowest BCUT2D eigenvalue weighted by Crippen LogP contribution is -2.45. The highest BCUT2D eigenvalue weighted by Crippen LogP contribution is 2.21. The first kappa shape index (κ1) is 20.5. The smallest absolute Gasteiger partial charge is 0.257 e. The summed E-state index contributed by atoms with van der Waals surface area (Å²) in [5.74, 6) is 0.257. The molecule has 6 heteroatoms. The topological polar surface area (TPSA) is 41.4 Å². The fourth-order valence-corrected chi connectivity index (χ4v) is 3.81. The first-order chi connectivity index (χ1) is 13.3. The van der Waals surface area contributed by atoms with Crippen molar-refractivity contribution in [3.05, 3.63) is 53.6 Å². The molecule has 152 valence electrons. The molecule has 1 aromatic heterocycles. The van der Waals surface area contributed by atoms with E-state index >= 15 is 0 Å². The van der Waals surface area contributed by atoms with Gasteiger partial charge in [0.2, 0.25) is 0 Å². The monoisotopic (exact) mass is 386 g/mol. The van der Waals surface area contributed by atoms with Crippen LogP contribution in [0.1, 0.15) is 56.1 Å². The van der Waals surface area contributed by atoms with Crippen LogP contribution in [-0.2, 0) is 6.54 Å². The van der Waals surface area contributed by atoms with Gasteiger partial charge in [0.1, 0.15) is 5.82 Å². The summed E-state index contributed by atoms with van der Waals surface area (Å²) < 4.78 is 15.0. The van der Waals surface area contributed by atoms with Crippen LogP contribution < -0.4 is 0 Å². The van der Waals surface area contributed by atoms with Crippen molar-refractivity contribution in [1.82, 2.24) is 19.6 Å². The van der Waals surface area contributed by atoms with Gasteiger partial charge >= 0.3 is 0 Å². The third kappa shape index (κ3) is 4.79. The lowest BCUT2D eigenvalue weighted by Gasteiger charge is -2.34. The second kappa shape index (κ2) is 8.86. The van der Waals surface area contributed by atoms with Crippen molar-refractivity contribution in [2.75, 3.05) is 19.6 Å². The van der Waals surface area contributed by atoms with Crippen LogP contribution in [0.2, 0.25) is 0 Å². The Morgan fingerprint density at radius 3 is 2.50 bits per heavy atom. The predicted octanol–water partition coefficient (Wildman–Crippen LogP) is 3.98. The molecule has 2 heterocycles. The van der Waals surface area contributed by atoms with E-state index in [0.717, 1.165) is 31.6 Å². The normalized spacial score (nSPS) is 18.7. The molecule has 0 N–H and O–H groups in total. The molecular weight excluding hydrogens is 355 g/mol. The SMILES string of the molecule is CC(C)[C@@H]1CN(C(=O)c2cnn(C(C)C)c2)CCCN1Cc1ccc(F)cc1. The molecule has 5 nitrogen and oxygen atoms in total. The summed E-state index contributed by atoms with van der Waals surface area (Å²) in [5, 5.41) is 4.32. The minimum atomic E-state index is -0.209. The zero-order valence-corrected chi connectivity index (χ0v) is 17.3. The number of carbonyl (C=O) groups is 1. The molecule has 1 atom stereocenters. The molecule has 0 aliphatic carbocycles. The average Bonchev–Trinajstić information content (AvgIpc) is 3.06. The van der Waals surface area contributed by atoms with Gasteiger partial charge in [-0.25, -0.2) is 4.39 Å². The number of hydrogen-bond acceptors (Lipinski definition) is 3. The van der Waals surface area contributed by atoms with Crippen LogP contribution in [0.15, 0.2) is 36.7 Å². The number of aromatic nitrogens is 2. The van der Waals surface area contributed by atoms with Crippen LogP contribution in [0.25, 0.3) is 0 Å². The maximum absolute atomic E-state index is 13.2. The lowest BCUT2D eigenvalue weighted by atomic mass is 10.0. The van der Waals surface area contributed by atoms with Crippen molar-refractivity contribution in [3.63, 3.8) is 0 Å². The predicted molar refractivity (Wildman–Crippen MR) is 109 cm³/mol. The van der Waals surface area contributed by atoms with E-state index in [9.17, 15) is 9.18 Å². The van der Waals surface area contributed by atoms with E-state index in [1.807, 2.05) is 27.9 Å². The van der Waals surface area contributed by atoms with E-state index in [2.05, 4.69) is 37.7 Å². The summed E-state index contributed by atoms with van der Waals surface area (Å²) in [6.07, 6.45) is 4.45. The molecule has 1 amide bonds. The molecule has 1 aliphatic heterocycles. The van der Waals surface area contributed by atoms with Crippen LogP contribution in [0, 0.1) is 11.7 Å². The molecule has 0 bridgehead atoms. The van der Waals surface area contributed by atoms with Crippen molar-refractivity contribution < 1.29 is 9.18 Å². The third-order valence-electron chi connectivity index (χ3n) is 5.48. The molecule has 1 fully saturated rings. The van der Waals surface area contributed by atoms with Crippen LogP contribution in [0.3, 0.4) is 0 Å². The Kier molecular flexibility index (Phi) is 6.50. The van der Waals surface area contributed by atoms with Gasteiger partial charge < -0.3 is 4.90 Å². The first-order valence-electron chi connectivity index (χ1n) is 10.2. The van der Waals surface area contributed by atoms with Crippen molar-refractivity contribution in [3.8, 4) is 0 Å². The zero-order chi connectivity index (χ0) is 20.3. The highest BCUT2D eigenvalue weighted by molar-refractivity contribution is 5.93. The van der Waals surface area contributed by atoms with Gasteiger partial charge in [0.05, 0.1) is 11.8 Å². The molecule has 2 aromatic rings. The van der Waals surface area contributed by atoms with Crippen LogP contribution in [-0.4, -0.2) is 51.2 Å². The van der Waals surface area contributed by atoms with Crippen LogP contribution in [0.5, 0.6) is 0 Å². The minimum absolute atomic E-state index is 0.0567. The average molecular weight is 387 g/mol. The number of rotatable bonds is 5. The number of benzene rings is 1. The highest BCUT2D eigenvalue weighted by atomic mass is 19.1. The van der Waals surface area contributed by atoms with Crippen LogP contribution in [0.4, 0.5) is 4.39 Å². The molecule has 0 saturated carbocycles. The summed E-state index contributed by atoms with van der Waals surface area (Å²) in [6, 6.07) is 7.22. The van der Waals surface area contributed by atoms with Gasteiger partial charge in [-0.15, -0.1) is 0 Å². The van der Waals surface area contributed by atoms with E-state index in [4.69, 9.17) is 0 Å². The number of halogens is 1. The Labute approximate surface area is 167 Å². The van der Waals surface area contributed by atoms with Gasteiger partial charge in [-0.1, -0.05) is 26.0 Å². The summed E-state index contributed by atoms with van der Waals surface area (Å²) >= 11 is 0. The maximum atomic E-state index is 13.2. The molecule has 1 aromatic carbocycles. The van der Waals surface area contributed by atoms with E-state index < -0.39 is 0 Å². The standard InChI is InChI=1S/C22H31FN4O/c1-16(2)21-15-26(22(28)19-12-24-27(14-19)17(3)4)11-5-10-25(21)13-18-6-8-20(23)9-7-18/h6-9,12,14,16-17,21H,5,10-11,13,15H2,1-4H3/t21-/m0/s1. The van der Waals surface area contributed by atoms with Crippen molar-refractivity contribution in [2.45, 2.75) is 52.7 Å². The molecule has 1 saturated heterocycles. The molecule has 1 aliphatic rings. The van der Waals surface area contributed by atoms with Gasteiger partial charge in [0.15, 0.2) is 0 Å².